The summed E-state index contributed by atoms with van der Waals surface area (Å²) in [4.78, 5) is 12.9. The maximum absolute atomic E-state index is 12.9. The Hall–Kier alpha value is -2.09. The lowest BCUT2D eigenvalue weighted by Crippen LogP contribution is -2.35. The number of unbranched alkanes of at least 4 members (excludes halogenated alkanes) is 6. The molecule has 2 fully saturated rings. The smallest absolute Gasteiger partial charge is 0.330 e. The number of hydrogen-bond donors (Lipinski definition) is 0. The van der Waals surface area contributed by atoms with E-state index in [1.165, 1.54) is 54.9 Å². The van der Waals surface area contributed by atoms with Crippen LogP contribution in [0, 0.1) is 16.7 Å². The van der Waals surface area contributed by atoms with Gasteiger partial charge in [0.05, 0.1) is 0 Å². The lowest BCUT2D eigenvalue weighted by atomic mass is 9.64. The summed E-state index contributed by atoms with van der Waals surface area (Å²) in [5.41, 5.74) is 1.61. The van der Waals surface area contributed by atoms with Gasteiger partial charge in [0, 0.05) is 17.9 Å². The molecule has 0 spiro atoms. The highest BCUT2D eigenvalue weighted by atomic mass is 16.5. The third-order valence-electron chi connectivity index (χ3n) is 9.17. The molecule has 178 valence electrons. The van der Waals surface area contributed by atoms with E-state index in [1.54, 1.807) is 6.08 Å². The van der Waals surface area contributed by atoms with Crippen LogP contribution in [0.2, 0.25) is 0 Å². The Morgan fingerprint density at radius 3 is 2.55 bits per heavy atom. The van der Waals surface area contributed by atoms with Crippen LogP contribution in [-0.2, 0) is 9.53 Å². The molecule has 2 bridgehead atoms. The van der Waals surface area contributed by atoms with Crippen molar-refractivity contribution >= 4 is 16.7 Å². The Morgan fingerprint density at radius 2 is 1.73 bits per heavy atom. The van der Waals surface area contributed by atoms with E-state index in [0.717, 1.165) is 19.3 Å². The minimum Gasteiger partial charge on any atom is -0.458 e. The van der Waals surface area contributed by atoms with Crippen LogP contribution in [0.3, 0.4) is 0 Å². The number of carbonyl (C=O) groups excluding carboxylic acids is 1. The third kappa shape index (κ3) is 4.51. The number of benzene rings is 2. The van der Waals surface area contributed by atoms with Crippen molar-refractivity contribution in [2.24, 2.45) is 16.7 Å². The Labute approximate surface area is 200 Å². The van der Waals surface area contributed by atoms with Gasteiger partial charge >= 0.3 is 5.97 Å². The second kappa shape index (κ2) is 10.0. The first kappa shape index (κ1) is 24.0. The molecule has 2 aromatic rings. The molecule has 0 aromatic heterocycles. The van der Waals surface area contributed by atoms with Crippen molar-refractivity contribution in [1.82, 2.24) is 0 Å². The van der Waals surface area contributed by atoms with Crippen LogP contribution >= 0.6 is 0 Å². The first-order valence-electron chi connectivity index (χ1n) is 13.2. The zero-order chi connectivity index (χ0) is 23.5. The van der Waals surface area contributed by atoms with Gasteiger partial charge in [-0.2, -0.15) is 0 Å². The Kier molecular flexibility index (Phi) is 7.31. The normalized spacial score (nSPS) is 28.1. The third-order valence-corrected chi connectivity index (χ3v) is 9.17. The van der Waals surface area contributed by atoms with Gasteiger partial charge in [0.15, 0.2) is 0 Å². The van der Waals surface area contributed by atoms with Crippen LogP contribution in [0.15, 0.2) is 54.6 Å². The number of allylic oxidation sites excluding steroid dienone is 1. The summed E-state index contributed by atoms with van der Waals surface area (Å²) in [6.07, 6.45) is 14.6. The summed E-state index contributed by atoms with van der Waals surface area (Å²) in [7, 11) is 0. The topological polar surface area (TPSA) is 26.3 Å². The van der Waals surface area contributed by atoms with Crippen molar-refractivity contribution < 1.29 is 9.53 Å². The summed E-state index contributed by atoms with van der Waals surface area (Å²) in [5, 5.41) is 2.57. The molecule has 2 aliphatic carbocycles. The van der Waals surface area contributed by atoms with Gasteiger partial charge in [-0.05, 0) is 52.8 Å². The van der Waals surface area contributed by atoms with Gasteiger partial charge in [0.2, 0.25) is 0 Å². The SMILES string of the molecule is CCCCCCCC/C=C\C(=O)O[C@@H]1[C@H]2CC[C@@](C)([C@@H]1c1cccc3ccccc13)C2(C)C. The van der Waals surface area contributed by atoms with Gasteiger partial charge in [-0.3, -0.25) is 0 Å². The fourth-order valence-electron chi connectivity index (χ4n) is 6.88. The summed E-state index contributed by atoms with van der Waals surface area (Å²) in [5.74, 6) is 0.471. The Balaban J connectivity index is 1.49. The second-order valence-electron chi connectivity index (χ2n) is 11.2. The van der Waals surface area contributed by atoms with Crippen LogP contribution in [0.1, 0.15) is 97.0 Å². The van der Waals surface area contributed by atoms with E-state index in [2.05, 4.69) is 70.2 Å². The van der Waals surface area contributed by atoms with E-state index in [9.17, 15) is 4.79 Å². The number of fused-ring (bicyclic) bond motifs is 3. The van der Waals surface area contributed by atoms with Gasteiger partial charge in [-0.25, -0.2) is 4.79 Å². The van der Waals surface area contributed by atoms with Crippen molar-refractivity contribution in [1.29, 1.82) is 0 Å². The predicted molar refractivity (Wildman–Crippen MR) is 138 cm³/mol. The number of ether oxygens (including phenoxy) is 1. The fraction of sp³-hybridized carbons (Fsp3) is 0.581. The first-order valence-corrected chi connectivity index (χ1v) is 13.2. The van der Waals surface area contributed by atoms with Crippen molar-refractivity contribution in [2.75, 3.05) is 0 Å². The fourth-order valence-corrected chi connectivity index (χ4v) is 6.88. The van der Waals surface area contributed by atoms with E-state index in [-0.39, 0.29) is 28.8 Å². The zero-order valence-corrected chi connectivity index (χ0v) is 21.1. The average Bonchev–Trinajstić information content (AvgIpc) is 3.12. The quantitative estimate of drug-likeness (QED) is 0.207. The van der Waals surface area contributed by atoms with Gasteiger partial charge in [-0.1, -0.05) is 108 Å². The van der Waals surface area contributed by atoms with Crippen molar-refractivity contribution in [2.45, 2.75) is 97.5 Å². The van der Waals surface area contributed by atoms with Crippen LogP contribution in [0.25, 0.3) is 10.8 Å². The van der Waals surface area contributed by atoms with Crippen LogP contribution in [-0.4, -0.2) is 12.1 Å². The van der Waals surface area contributed by atoms with Gasteiger partial charge in [0.1, 0.15) is 6.10 Å². The first-order chi connectivity index (χ1) is 15.9. The largest absolute Gasteiger partial charge is 0.458 e. The summed E-state index contributed by atoms with van der Waals surface area (Å²) in [6.45, 7) is 9.47. The molecule has 4 rings (SSSR count). The van der Waals surface area contributed by atoms with Crippen molar-refractivity contribution in [3.63, 3.8) is 0 Å². The Morgan fingerprint density at radius 1 is 1.00 bits per heavy atom. The molecule has 2 heteroatoms. The van der Waals surface area contributed by atoms with E-state index in [4.69, 9.17) is 4.74 Å². The van der Waals surface area contributed by atoms with E-state index in [1.807, 2.05) is 6.08 Å². The average molecular weight is 447 g/mol. The lowest BCUT2D eigenvalue weighted by Gasteiger charge is -2.40. The predicted octanol–water partition coefficient (Wildman–Crippen LogP) is 8.60. The Bertz CT molecular complexity index is 982. The van der Waals surface area contributed by atoms with Crippen molar-refractivity contribution in [3.8, 4) is 0 Å². The summed E-state index contributed by atoms with van der Waals surface area (Å²) < 4.78 is 6.30. The van der Waals surface area contributed by atoms with Crippen molar-refractivity contribution in [3.05, 3.63) is 60.2 Å². The maximum Gasteiger partial charge on any atom is 0.330 e. The molecular weight excluding hydrogens is 404 g/mol. The highest BCUT2D eigenvalue weighted by Crippen LogP contribution is 2.71. The lowest BCUT2D eigenvalue weighted by molar-refractivity contribution is -0.147. The molecule has 2 saturated carbocycles. The summed E-state index contributed by atoms with van der Waals surface area (Å²) >= 11 is 0. The van der Waals surface area contributed by atoms with Gasteiger partial charge < -0.3 is 4.74 Å². The number of rotatable bonds is 10. The van der Waals surface area contributed by atoms with Crippen LogP contribution in [0.4, 0.5) is 0 Å². The van der Waals surface area contributed by atoms with E-state index in [0.29, 0.717) is 5.92 Å². The van der Waals surface area contributed by atoms with E-state index >= 15 is 0 Å². The minimum absolute atomic E-state index is 0.0595. The zero-order valence-electron chi connectivity index (χ0n) is 21.1. The molecule has 0 unspecified atom stereocenters. The van der Waals surface area contributed by atoms with Crippen LogP contribution < -0.4 is 0 Å². The second-order valence-corrected chi connectivity index (χ2v) is 11.2. The molecule has 0 aliphatic heterocycles. The highest BCUT2D eigenvalue weighted by Gasteiger charge is 2.67. The molecule has 2 nitrogen and oxygen atoms in total. The van der Waals surface area contributed by atoms with Crippen LogP contribution in [0.5, 0.6) is 0 Å². The molecule has 2 aromatic carbocycles. The molecule has 0 N–H and O–H groups in total. The molecule has 0 heterocycles. The highest BCUT2D eigenvalue weighted by molar-refractivity contribution is 5.87. The monoisotopic (exact) mass is 446 g/mol. The van der Waals surface area contributed by atoms with E-state index < -0.39 is 0 Å². The van der Waals surface area contributed by atoms with Gasteiger partial charge in [0.25, 0.3) is 0 Å². The molecule has 0 amide bonds. The molecule has 0 saturated heterocycles. The number of carbonyl (C=O) groups is 1. The molecule has 2 aliphatic rings. The number of esters is 1. The number of hydrogen-bond acceptors (Lipinski definition) is 2. The maximum atomic E-state index is 12.9. The molecule has 33 heavy (non-hydrogen) atoms. The molecule has 4 atom stereocenters. The molecular formula is C31H42O2. The standard InChI is InChI=1S/C31H42O2/c1-5-6-7-8-9-10-11-12-20-27(32)33-29-26-21-22-31(4,30(26,2)3)28(29)25-19-15-17-23-16-13-14-18-24(23)25/h12-20,26,28-29H,5-11,21-22H2,1-4H3/b20-12-/t26-,28-,29-,31+/m1/s1. The molecule has 0 radical (unpaired) electrons. The minimum atomic E-state index is -0.164. The van der Waals surface area contributed by atoms with Gasteiger partial charge in [-0.15, -0.1) is 0 Å². The summed E-state index contributed by atoms with van der Waals surface area (Å²) in [6, 6.07) is 15.3.